The van der Waals surface area contributed by atoms with Gasteiger partial charge >= 0.3 is 12.1 Å². The molecular formula is C11H16N2O4. The van der Waals surface area contributed by atoms with Crippen molar-refractivity contribution in [2.75, 3.05) is 19.6 Å². The molecule has 2 aliphatic heterocycles. The minimum absolute atomic E-state index is 0.0462. The first-order valence-electron chi connectivity index (χ1n) is 5.57. The van der Waals surface area contributed by atoms with E-state index in [9.17, 15) is 9.59 Å². The average molecular weight is 240 g/mol. The summed E-state index contributed by atoms with van der Waals surface area (Å²) in [6, 6.07) is 0.222. The summed E-state index contributed by atoms with van der Waals surface area (Å²) in [5.41, 5.74) is 0. The van der Waals surface area contributed by atoms with Crippen molar-refractivity contribution in [1.29, 1.82) is 0 Å². The molecule has 2 heterocycles. The number of hydrogen-bond donors (Lipinski definition) is 1. The lowest BCUT2D eigenvalue weighted by molar-refractivity contribution is -0.138. The van der Waals surface area contributed by atoms with Crippen molar-refractivity contribution >= 4 is 12.1 Å². The van der Waals surface area contributed by atoms with E-state index in [0.717, 1.165) is 6.42 Å². The second-order valence-electron chi connectivity index (χ2n) is 4.59. The Kier molecular flexibility index (Phi) is 3.06. The molecule has 17 heavy (non-hydrogen) atoms. The van der Waals surface area contributed by atoms with E-state index in [1.165, 1.54) is 0 Å². The standard InChI is InChI=1S/C11H16N2O4/c1-7(2)17-11(16)13-5-8-3-9(13)4-12(8)6-10(14)15/h8-9H,1,3-6H2,2H3,(H,14,15)/t8-,9-/m0/s1. The van der Waals surface area contributed by atoms with E-state index in [1.54, 1.807) is 11.8 Å². The van der Waals surface area contributed by atoms with E-state index in [-0.39, 0.29) is 24.7 Å². The van der Waals surface area contributed by atoms with Crippen LogP contribution < -0.4 is 0 Å². The molecule has 94 valence electrons. The Morgan fingerprint density at radius 1 is 1.41 bits per heavy atom. The van der Waals surface area contributed by atoms with Crippen molar-refractivity contribution in [3.05, 3.63) is 12.3 Å². The van der Waals surface area contributed by atoms with E-state index >= 15 is 0 Å². The van der Waals surface area contributed by atoms with Crippen molar-refractivity contribution in [3.8, 4) is 0 Å². The molecule has 2 atom stereocenters. The number of likely N-dealkylation sites (tertiary alicyclic amines) is 2. The van der Waals surface area contributed by atoms with Crippen LogP contribution in [0.15, 0.2) is 12.3 Å². The molecule has 2 fully saturated rings. The number of piperazine rings is 1. The molecule has 0 unspecified atom stereocenters. The maximum Gasteiger partial charge on any atom is 0.415 e. The number of ether oxygens (including phenoxy) is 1. The van der Waals surface area contributed by atoms with Gasteiger partial charge in [0.15, 0.2) is 0 Å². The van der Waals surface area contributed by atoms with Gasteiger partial charge in [-0.1, -0.05) is 6.58 Å². The van der Waals surface area contributed by atoms with Crippen LogP contribution in [0.4, 0.5) is 4.79 Å². The fourth-order valence-corrected chi connectivity index (χ4v) is 2.55. The van der Waals surface area contributed by atoms with Crippen LogP contribution in [-0.2, 0) is 9.53 Å². The van der Waals surface area contributed by atoms with Gasteiger partial charge in [0.05, 0.1) is 12.3 Å². The number of amides is 1. The lowest BCUT2D eigenvalue weighted by Crippen LogP contribution is -2.49. The number of carbonyl (C=O) groups excluding carboxylic acids is 1. The van der Waals surface area contributed by atoms with Crippen LogP contribution in [-0.4, -0.2) is 58.7 Å². The molecule has 1 N–H and O–H groups in total. The minimum atomic E-state index is -0.825. The minimum Gasteiger partial charge on any atom is -0.480 e. The van der Waals surface area contributed by atoms with Gasteiger partial charge in [0, 0.05) is 25.2 Å². The number of nitrogens with zero attached hydrogens (tertiary/aromatic N) is 2. The predicted octanol–water partition coefficient (Wildman–Crippen LogP) is 0.500. The molecule has 2 bridgehead atoms. The molecule has 0 aromatic carbocycles. The first kappa shape index (κ1) is 11.9. The summed E-state index contributed by atoms with van der Waals surface area (Å²) in [5.74, 6) is -0.450. The second kappa shape index (κ2) is 4.37. The second-order valence-corrected chi connectivity index (χ2v) is 4.59. The van der Waals surface area contributed by atoms with Gasteiger partial charge in [-0.15, -0.1) is 0 Å². The van der Waals surface area contributed by atoms with Crippen molar-refractivity contribution in [1.82, 2.24) is 9.80 Å². The molecule has 0 aromatic rings. The molecule has 2 saturated heterocycles. The maximum atomic E-state index is 11.7. The highest BCUT2D eigenvalue weighted by Gasteiger charge is 2.46. The van der Waals surface area contributed by atoms with Crippen LogP contribution in [0, 0.1) is 0 Å². The van der Waals surface area contributed by atoms with Gasteiger partial charge in [-0.25, -0.2) is 4.79 Å². The van der Waals surface area contributed by atoms with Crippen LogP contribution in [0.2, 0.25) is 0 Å². The summed E-state index contributed by atoms with van der Waals surface area (Å²) in [6.45, 7) is 6.36. The summed E-state index contributed by atoms with van der Waals surface area (Å²) in [5, 5.41) is 8.74. The van der Waals surface area contributed by atoms with Crippen LogP contribution >= 0.6 is 0 Å². The van der Waals surface area contributed by atoms with Crippen LogP contribution in [0.3, 0.4) is 0 Å². The fourth-order valence-electron chi connectivity index (χ4n) is 2.55. The number of carbonyl (C=O) groups is 2. The van der Waals surface area contributed by atoms with Gasteiger partial charge in [0.1, 0.15) is 0 Å². The molecule has 0 aromatic heterocycles. The van der Waals surface area contributed by atoms with Gasteiger partial charge < -0.3 is 14.7 Å². The zero-order valence-electron chi connectivity index (χ0n) is 9.76. The Bertz CT molecular complexity index is 368. The average Bonchev–Trinajstić information content (AvgIpc) is 2.73. The van der Waals surface area contributed by atoms with Crippen LogP contribution in [0.5, 0.6) is 0 Å². The monoisotopic (exact) mass is 240 g/mol. The zero-order valence-corrected chi connectivity index (χ0v) is 9.76. The van der Waals surface area contributed by atoms with Gasteiger partial charge in [0.25, 0.3) is 0 Å². The maximum absolute atomic E-state index is 11.7. The molecule has 6 heteroatoms. The number of rotatable bonds is 3. The molecule has 0 radical (unpaired) electrons. The number of fused-ring (bicyclic) bond motifs is 2. The molecule has 0 aliphatic carbocycles. The van der Waals surface area contributed by atoms with Crippen molar-refractivity contribution in [3.63, 3.8) is 0 Å². The predicted molar refractivity (Wildman–Crippen MR) is 59.4 cm³/mol. The van der Waals surface area contributed by atoms with Gasteiger partial charge in [-0.05, 0) is 13.3 Å². The van der Waals surface area contributed by atoms with Gasteiger partial charge in [0.2, 0.25) is 0 Å². The Labute approximate surface area is 99.4 Å². The summed E-state index contributed by atoms with van der Waals surface area (Å²) < 4.78 is 4.96. The van der Waals surface area contributed by atoms with E-state index in [1.807, 2.05) is 4.90 Å². The number of carboxylic acid groups (broad SMARTS) is 1. The quantitative estimate of drug-likeness (QED) is 0.727. The van der Waals surface area contributed by atoms with Crippen LogP contribution in [0.1, 0.15) is 13.3 Å². The zero-order chi connectivity index (χ0) is 12.6. The third kappa shape index (κ3) is 2.41. The lowest BCUT2D eigenvalue weighted by Gasteiger charge is -2.32. The number of carboxylic acids is 1. The van der Waals surface area contributed by atoms with Gasteiger partial charge in [-0.2, -0.15) is 0 Å². The highest BCUT2D eigenvalue weighted by molar-refractivity contribution is 5.71. The third-order valence-corrected chi connectivity index (χ3v) is 3.19. The molecule has 6 nitrogen and oxygen atoms in total. The first-order chi connectivity index (χ1) is 7.97. The summed E-state index contributed by atoms with van der Waals surface area (Å²) >= 11 is 0. The first-order valence-corrected chi connectivity index (χ1v) is 5.57. The number of allylic oxidation sites excluding steroid dienone is 1. The fraction of sp³-hybridized carbons (Fsp3) is 0.636. The normalized spacial score (nSPS) is 27.2. The Balaban J connectivity index is 1.91. The van der Waals surface area contributed by atoms with Crippen molar-refractivity contribution < 1.29 is 19.4 Å². The van der Waals surface area contributed by atoms with Crippen LogP contribution in [0.25, 0.3) is 0 Å². The summed E-state index contributed by atoms with van der Waals surface area (Å²) in [4.78, 5) is 25.9. The van der Waals surface area contributed by atoms with Crippen molar-refractivity contribution in [2.45, 2.75) is 25.4 Å². The third-order valence-electron chi connectivity index (χ3n) is 3.19. The van der Waals surface area contributed by atoms with E-state index in [4.69, 9.17) is 9.84 Å². The van der Waals surface area contributed by atoms with E-state index in [2.05, 4.69) is 6.58 Å². The molecule has 1 amide bonds. The van der Waals surface area contributed by atoms with E-state index < -0.39 is 5.97 Å². The lowest BCUT2D eigenvalue weighted by atomic mass is 10.2. The highest BCUT2D eigenvalue weighted by atomic mass is 16.6. The molecule has 2 aliphatic rings. The highest BCUT2D eigenvalue weighted by Crippen LogP contribution is 2.30. The molecule has 2 rings (SSSR count). The van der Waals surface area contributed by atoms with Crippen molar-refractivity contribution in [2.24, 2.45) is 0 Å². The Morgan fingerprint density at radius 2 is 2.12 bits per heavy atom. The topological polar surface area (TPSA) is 70.1 Å². The number of aliphatic carboxylic acids is 1. The van der Waals surface area contributed by atoms with E-state index in [0.29, 0.717) is 18.8 Å². The smallest absolute Gasteiger partial charge is 0.415 e. The molecular weight excluding hydrogens is 224 g/mol. The SMILES string of the molecule is C=C(C)OC(=O)N1C[C@@H]2C[C@H]1CN2CC(=O)O. The molecule has 0 saturated carbocycles. The Morgan fingerprint density at radius 3 is 2.59 bits per heavy atom. The van der Waals surface area contributed by atoms with Gasteiger partial charge in [-0.3, -0.25) is 9.69 Å². The number of hydrogen-bond acceptors (Lipinski definition) is 4. The summed E-state index contributed by atoms with van der Waals surface area (Å²) in [7, 11) is 0. The Hall–Kier alpha value is -1.56. The largest absolute Gasteiger partial charge is 0.480 e. The summed E-state index contributed by atoms with van der Waals surface area (Å²) in [6.07, 6.45) is 0.457. The molecule has 0 spiro atoms.